The number of nitrogens with one attached hydrogen (secondary N) is 1. The van der Waals surface area contributed by atoms with Crippen LogP contribution in [0.5, 0.6) is 0 Å². The number of hydrogen-bond acceptors (Lipinski definition) is 3. The quantitative estimate of drug-likeness (QED) is 0.837. The van der Waals surface area contributed by atoms with Gasteiger partial charge in [0.15, 0.2) is 0 Å². The van der Waals surface area contributed by atoms with Gasteiger partial charge in [-0.1, -0.05) is 26.0 Å². The summed E-state index contributed by atoms with van der Waals surface area (Å²) in [7, 11) is -3.44. The zero-order chi connectivity index (χ0) is 14.5. The molecule has 0 aliphatic carbocycles. The van der Waals surface area contributed by atoms with E-state index < -0.39 is 10.0 Å². The second-order valence-corrected chi connectivity index (χ2v) is 6.35. The molecule has 1 atom stereocenters. The number of nitrogens with zero attached hydrogens (tertiary/aromatic N) is 1. The Labute approximate surface area is 116 Å². The molecule has 1 N–H and O–H groups in total. The van der Waals surface area contributed by atoms with E-state index in [-0.39, 0.29) is 6.04 Å². The van der Waals surface area contributed by atoms with E-state index in [4.69, 9.17) is 0 Å². The first-order chi connectivity index (χ1) is 8.98. The molecule has 0 amide bonds. The van der Waals surface area contributed by atoms with Gasteiger partial charge in [0.25, 0.3) is 0 Å². The van der Waals surface area contributed by atoms with E-state index in [1.54, 1.807) is 22.5 Å². The van der Waals surface area contributed by atoms with E-state index in [2.05, 4.69) is 5.32 Å². The van der Waals surface area contributed by atoms with Crippen molar-refractivity contribution >= 4 is 15.7 Å². The van der Waals surface area contributed by atoms with Gasteiger partial charge in [-0.3, -0.25) is 0 Å². The van der Waals surface area contributed by atoms with Crippen molar-refractivity contribution in [2.24, 2.45) is 0 Å². The fourth-order valence-corrected chi connectivity index (χ4v) is 3.96. The predicted molar refractivity (Wildman–Crippen MR) is 79.9 cm³/mol. The standard InChI is InChI=1S/C14H24N2O2S/c1-5-12(4)16(7-3)19(17,18)14-11-9-8-10-13(14)15-6-2/h8-12,15H,5-7H2,1-4H3. The molecule has 0 aliphatic heterocycles. The Morgan fingerprint density at radius 1 is 1.21 bits per heavy atom. The summed E-state index contributed by atoms with van der Waals surface area (Å²) >= 11 is 0. The SMILES string of the molecule is CCNc1ccccc1S(=O)(=O)N(CC)C(C)CC. The molecule has 0 spiro atoms. The van der Waals surface area contributed by atoms with Gasteiger partial charge in [-0.15, -0.1) is 0 Å². The van der Waals surface area contributed by atoms with Crippen molar-refractivity contribution in [3.63, 3.8) is 0 Å². The molecule has 19 heavy (non-hydrogen) atoms. The van der Waals surface area contributed by atoms with Crippen molar-refractivity contribution in [1.29, 1.82) is 0 Å². The maximum Gasteiger partial charge on any atom is 0.245 e. The number of sulfonamides is 1. The minimum Gasteiger partial charge on any atom is -0.384 e. The molecule has 4 nitrogen and oxygen atoms in total. The average Bonchev–Trinajstić information content (AvgIpc) is 2.39. The fourth-order valence-electron chi connectivity index (χ4n) is 2.08. The summed E-state index contributed by atoms with van der Waals surface area (Å²) in [6.45, 7) is 8.95. The number of rotatable bonds is 7. The first kappa shape index (κ1) is 16.0. The molecule has 0 aromatic heterocycles. The van der Waals surface area contributed by atoms with Crippen LogP contribution in [0.2, 0.25) is 0 Å². The summed E-state index contributed by atoms with van der Waals surface area (Å²) in [5, 5.41) is 3.11. The summed E-state index contributed by atoms with van der Waals surface area (Å²) in [6.07, 6.45) is 0.802. The molecular formula is C14H24N2O2S. The van der Waals surface area contributed by atoms with Crippen molar-refractivity contribution in [3.05, 3.63) is 24.3 Å². The van der Waals surface area contributed by atoms with Crippen LogP contribution in [0.15, 0.2) is 29.2 Å². The van der Waals surface area contributed by atoms with Crippen LogP contribution in [0.4, 0.5) is 5.69 Å². The topological polar surface area (TPSA) is 49.4 Å². The van der Waals surface area contributed by atoms with Crippen molar-refractivity contribution in [2.75, 3.05) is 18.4 Å². The van der Waals surface area contributed by atoms with Crippen LogP contribution >= 0.6 is 0 Å². The van der Waals surface area contributed by atoms with Gasteiger partial charge in [0.2, 0.25) is 10.0 Å². The third kappa shape index (κ3) is 3.48. The van der Waals surface area contributed by atoms with Crippen LogP contribution in [-0.4, -0.2) is 31.9 Å². The van der Waals surface area contributed by atoms with E-state index in [9.17, 15) is 8.42 Å². The Hall–Kier alpha value is -1.07. The highest BCUT2D eigenvalue weighted by atomic mass is 32.2. The number of anilines is 1. The van der Waals surface area contributed by atoms with Crippen molar-refractivity contribution in [3.8, 4) is 0 Å². The van der Waals surface area contributed by atoms with E-state index in [1.165, 1.54) is 0 Å². The molecule has 1 aromatic carbocycles. The summed E-state index contributed by atoms with van der Waals surface area (Å²) in [5.74, 6) is 0. The smallest absolute Gasteiger partial charge is 0.245 e. The highest BCUT2D eigenvalue weighted by molar-refractivity contribution is 7.89. The second kappa shape index (κ2) is 6.91. The van der Waals surface area contributed by atoms with E-state index in [0.717, 1.165) is 6.42 Å². The minimum atomic E-state index is -3.44. The maximum atomic E-state index is 12.7. The Morgan fingerprint density at radius 3 is 2.37 bits per heavy atom. The largest absolute Gasteiger partial charge is 0.384 e. The third-order valence-corrected chi connectivity index (χ3v) is 5.38. The fraction of sp³-hybridized carbons (Fsp3) is 0.571. The lowest BCUT2D eigenvalue weighted by molar-refractivity contribution is 0.342. The van der Waals surface area contributed by atoms with Gasteiger partial charge >= 0.3 is 0 Å². The molecule has 0 bridgehead atoms. The average molecular weight is 284 g/mol. The zero-order valence-electron chi connectivity index (χ0n) is 12.2. The van der Waals surface area contributed by atoms with Gasteiger partial charge in [0, 0.05) is 19.1 Å². The highest BCUT2D eigenvalue weighted by Crippen LogP contribution is 2.26. The molecule has 0 saturated heterocycles. The molecule has 108 valence electrons. The zero-order valence-corrected chi connectivity index (χ0v) is 13.0. The van der Waals surface area contributed by atoms with E-state index in [1.807, 2.05) is 33.8 Å². The summed E-state index contributed by atoms with van der Waals surface area (Å²) in [4.78, 5) is 0.360. The molecule has 5 heteroatoms. The minimum absolute atomic E-state index is 0.00434. The third-order valence-electron chi connectivity index (χ3n) is 3.24. The molecular weight excluding hydrogens is 260 g/mol. The van der Waals surface area contributed by atoms with Crippen molar-refractivity contribution in [2.45, 2.75) is 45.1 Å². The summed E-state index contributed by atoms with van der Waals surface area (Å²) in [5.41, 5.74) is 0.673. The van der Waals surface area contributed by atoms with Crippen LogP contribution in [0.25, 0.3) is 0 Å². The Morgan fingerprint density at radius 2 is 1.84 bits per heavy atom. The molecule has 1 aromatic rings. The Bertz CT molecular complexity index is 500. The lowest BCUT2D eigenvalue weighted by Crippen LogP contribution is -2.38. The number of hydrogen-bond donors (Lipinski definition) is 1. The van der Waals surface area contributed by atoms with Gasteiger partial charge in [-0.2, -0.15) is 4.31 Å². The molecule has 0 heterocycles. The lowest BCUT2D eigenvalue weighted by atomic mass is 10.3. The normalized spacial score (nSPS) is 13.5. The van der Waals surface area contributed by atoms with Gasteiger partial charge < -0.3 is 5.32 Å². The number of para-hydroxylation sites is 1. The second-order valence-electron chi connectivity index (χ2n) is 4.49. The van der Waals surface area contributed by atoms with Crippen LogP contribution in [-0.2, 0) is 10.0 Å². The van der Waals surface area contributed by atoms with Gasteiger partial charge in [-0.05, 0) is 32.4 Å². The highest BCUT2D eigenvalue weighted by Gasteiger charge is 2.28. The van der Waals surface area contributed by atoms with Crippen LogP contribution in [0, 0.1) is 0 Å². The summed E-state index contributed by atoms with van der Waals surface area (Å²) in [6, 6.07) is 7.08. The molecule has 0 saturated carbocycles. The van der Waals surface area contributed by atoms with Gasteiger partial charge in [-0.25, -0.2) is 8.42 Å². The monoisotopic (exact) mass is 284 g/mol. The predicted octanol–water partition coefficient (Wildman–Crippen LogP) is 2.93. The first-order valence-electron chi connectivity index (χ1n) is 6.83. The van der Waals surface area contributed by atoms with Crippen LogP contribution in [0.3, 0.4) is 0 Å². The van der Waals surface area contributed by atoms with Crippen molar-refractivity contribution < 1.29 is 8.42 Å². The Balaban J connectivity index is 3.25. The first-order valence-corrected chi connectivity index (χ1v) is 8.27. The van der Waals surface area contributed by atoms with E-state index in [0.29, 0.717) is 23.7 Å². The Kier molecular flexibility index (Phi) is 5.82. The molecule has 0 aliphatic rings. The lowest BCUT2D eigenvalue weighted by Gasteiger charge is -2.27. The maximum absolute atomic E-state index is 12.7. The van der Waals surface area contributed by atoms with Gasteiger partial charge in [0.05, 0.1) is 5.69 Å². The molecule has 0 fully saturated rings. The molecule has 1 unspecified atom stereocenters. The van der Waals surface area contributed by atoms with E-state index >= 15 is 0 Å². The summed E-state index contributed by atoms with van der Waals surface area (Å²) < 4.78 is 27.0. The molecule has 0 radical (unpaired) electrons. The van der Waals surface area contributed by atoms with Crippen LogP contribution in [0.1, 0.15) is 34.1 Å². The van der Waals surface area contributed by atoms with Gasteiger partial charge in [0.1, 0.15) is 4.90 Å². The number of benzene rings is 1. The van der Waals surface area contributed by atoms with Crippen LogP contribution < -0.4 is 5.32 Å². The molecule has 1 rings (SSSR count). The van der Waals surface area contributed by atoms with Crippen molar-refractivity contribution in [1.82, 2.24) is 4.31 Å².